The van der Waals surface area contributed by atoms with Crippen LogP contribution in [-0.4, -0.2) is 30.2 Å². The maximum Gasteiger partial charge on any atom is 0.409 e. The fourth-order valence-corrected chi connectivity index (χ4v) is 2.41. The highest BCUT2D eigenvalue weighted by Gasteiger charge is 2.61. The van der Waals surface area contributed by atoms with Crippen LogP contribution in [0.25, 0.3) is 0 Å². The van der Waals surface area contributed by atoms with Gasteiger partial charge in [-0.25, -0.2) is 0 Å². The molecular weight excluding hydrogens is 300 g/mol. The predicted octanol–water partition coefficient (Wildman–Crippen LogP) is 3.25. The van der Waals surface area contributed by atoms with Gasteiger partial charge in [0.05, 0.1) is 0 Å². The van der Waals surface area contributed by atoms with Gasteiger partial charge in [0.15, 0.2) is 0 Å². The third-order valence-electron chi connectivity index (χ3n) is 3.02. The summed E-state index contributed by atoms with van der Waals surface area (Å²) in [6, 6.07) is 0. The molecule has 0 spiro atoms. The molecule has 1 rings (SSSR count). The topological polar surface area (TPSA) is 29.1 Å². The van der Waals surface area contributed by atoms with E-state index in [1.54, 1.807) is 5.32 Å². The van der Waals surface area contributed by atoms with Gasteiger partial charge in [0.1, 0.15) is 0 Å². The molecule has 0 aliphatic heterocycles. The van der Waals surface area contributed by atoms with E-state index >= 15 is 0 Å². The molecule has 0 heterocycles. The number of rotatable bonds is 3. The van der Waals surface area contributed by atoms with E-state index < -0.39 is 24.2 Å². The number of amides is 1. The molecule has 0 bridgehead atoms. The van der Waals surface area contributed by atoms with Crippen LogP contribution in [0.3, 0.4) is 0 Å². The van der Waals surface area contributed by atoms with Crippen molar-refractivity contribution in [2.45, 2.75) is 37.0 Å². The lowest BCUT2D eigenvalue weighted by molar-refractivity contribution is -0.274. The minimum atomic E-state index is -5.65. The molecule has 2 nitrogen and oxygen atoms in total. The van der Waals surface area contributed by atoms with E-state index in [9.17, 15) is 31.1 Å². The van der Waals surface area contributed by atoms with Crippen LogP contribution in [0.1, 0.15) is 19.3 Å². The van der Waals surface area contributed by atoms with Gasteiger partial charge in [-0.05, 0) is 18.8 Å². The Kier molecular flexibility index (Phi) is 4.97. The van der Waals surface area contributed by atoms with Crippen LogP contribution in [-0.2, 0) is 4.79 Å². The van der Waals surface area contributed by atoms with E-state index in [0.717, 1.165) is 6.42 Å². The van der Waals surface area contributed by atoms with E-state index in [0.29, 0.717) is 12.8 Å². The highest BCUT2D eigenvalue weighted by Crippen LogP contribution is 2.39. The molecule has 112 valence electrons. The molecule has 0 saturated heterocycles. The van der Waals surface area contributed by atoms with Crippen LogP contribution in [0.5, 0.6) is 0 Å². The smallest absolute Gasteiger partial charge is 0.355 e. The zero-order valence-corrected chi connectivity index (χ0v) is 10.4. The lowest BCUT2D eigenvalue weighted by atomic mass is 10.1. The first-order valence-electron chi connectivity index (χ1n) is 5.58. The molecule has 1 aliphatic carbocycles. The standard InChI is InChI=1S/C10H12ClF6NO/c11-6-3-1-2-5(6)4-18-8(19)7(9(12,13)14)10(15,16)17/h5-7H,1-4H2,(H,18,19). The molecule has 0 aromatic carbocycles. The van der Waals surface area contributed by atoms with Gasteiger partial charge in [-0.15, -0.1) is 11.6 Å². The summed E-state index contributed by atoms with van der Waals surface area (Å²) < 4.78 is 73.4. The van der Waals surface area contributed by atoms with Gasteiger partial charge >= 0.3 is 12.4 Å². The molecule has 2 unspecified atom stereocenters. The molecule has 0 aromatic heterocycles. The van der Waals surface area contributed by atoms with Gasteiger partial charge in [-0.2, -0.15) is 26.3 Å². The Balaban J connectivity index is 2.63. The monoisotopic (exact) mass is 311 g/mol. The highest BCUT2D eigenvalue weighted by molar-refractivity contribution is 6.20. The van der Waals surface area contributed by atoms with E-state index in [2.05, 4.69) is 0 Å². The number of carbonyl (C=O) groups is 1. The number of halogens is 7. The maximum absolute atomic E-state index is 12.2. The minimum absolute atomic E-state index is 0.268. The van der Waals surface area contributed by atoms with Gasteiger partial charge in [-0.1, -0.05) is 6.42 Å². The van der Waals surface area contributed by atoms with Gasteiger partial charge < -0.3 is 5.32 Å². The molecule has 1 N–H and O–H groups in total. The molecule has 2 atom stereocenters. The lowest BCUT2D eigenvalue weighted by Gasteiger charge is -2.23. The molecule has 1 amide bonds. The van der Waals surface area contributed by atoms with Crippen molar-refractivity contribution in [2.24, 2.45) is 11.8 Å². The second-order valence-corrected chi connectivity index (χ2v) is 5.03. The number of hydrogen-bond acceptors (Lipinski definition) is 1. The SMILES string of the molecule is O=C(NCC1CCCC1Cl)C(C(F)(F)F)C(F)(F)F. The molecule has 1 aliphatic rings. The Morgan fingerprint density at radius 2 is 1.68 bits per heavy atom. The van der Waals surface area contributed by atoms with Crippen LogP contribution < -0.4 is 5.32 Å². The molecule has 1 fully saturated rings. The number of alkyl halides is 7. The van der Waals surface area contributed by atoms with Crippen molar-refractivity contribution in [2.75, 3.05) is 6.54 Å². The molecule has 9 heteroatoms. The van der Waals surface area contributed by atoms with Crippen LogP contribution in [0.2, 0.25) is 0 Å². The third kappa shape index (κ3) is 4.43. The van der Waals surface area contributed by atoms with Gasteiger partial charge in [0.2, 0.25) is 11.8 Å². The van der Waals surface area contributed by atoms with Crippen molar-refractivity contribution < 1.29 is 31.1 Å². The molecule has 1 saturated carbocycles. The number of nitrogens with one attached hydrogen (secondary N) is 1. The van der Waals surface area contributed by atoms with Crippen LogP contribution in [0, 0.1) is 11.8 Å². The maximum atomic E-state index is 12.2. The van der Waals surface area contributed by atoms with Crippen molar-refractivity contribution in [3.05, 3.63) is 0 Å². The zero-order valence-electron chi connectivity index (χ0n) is 9.61. The summed E-state index contributed by atoms with van der Waals surface area (Å²) in [5, 5.41) is 1.38. The lowest BCUT2D eigenvalue weighted by Crippen LogP contribution is -2.49. The molecular formula is C10H12ClF6NO. The summed E-state index contributed by atoms with van der Waals surface area (Å²) in [5.74, 6) is -6.35. The molecule has 0 aromatic rings. The van der Waals surface area contributed by atoms with E-state index in [1.165, 1.54) is 0 Å². The fraction of sp³-hybridized carbons (Fsp3) is 0.900. The Morgan fingerprint density at radius 3 is 2.05 bits per heavy atom. The second-order valence-electron chi connectivity index (χ2n) is 4.47. The van der Waals surface area contributed by atoms with Crippen LogP contribution in [0.15, 0.2) is 0 Å². The Morgan fingerprint density at radius 1 is 1.16 bits per heavy atom. The molecule has 19 heavy (non-hydrogen) atoms. The first kappa shape index (κ1) is 16.4. The highest BCUT2D eigenvalue weighted by atomic mass is 35.5. The largest absolute Gasteiger partial charge is 0.409 e. The summed E-state index contributed by atoms with van der Waals surface area (Å²) in [4.78, 5) is 11.1. The van der Waals surface area contributed by atoms with Crippen molar-refractivity contribution in [1.29, 1.82) is 0 Å². The van der Waals surface area contributed by atoms with Gasteiger partial charge in [-0.3, -0.25) is 4.79 Å². The number of carbonyl (C=O) groups excluding carboxylic acids is 1. The quantitative estimate of drug-likeness (QED) is 0.629. The average molecular weight is 312 g/mol. The average Bonchev–Trinajstić information content (AvgIpc) is 2.56. The summed E-state index contributed by atoms with van der Waals surface area (Å²) in [6.07, 6.45) is -9.34. The fourth-order valence-electron chi connectivity index (χ4n) is 2.04. The Labute approximate surface area is 110 Å². The predicted molar refractivity (Wildman–Crippen MR) is 55.6 cm³/mol. The second kappa shape index (κ2) is 5.76. The van der Waals surface area contributed by atoms with E-state index in [-0.39, 0.29) is 17.8 Å². The third-order valence-corrected chi connectivity index (χ3v) is 3.60. The van der Waals surface area contributed by atoms with Gasteiger partial charge in [0, 0.05) is 11.9 Å². The molecule has 0 radical (unpaired) electrons. The first-order valence-corrected chi connectivity index (χ1v) is 6.02. The Hall–Kier alpha value is -0.660. The summed E-state index contributed by atoms with van der Waals surface area (Å²) in [5.41, 5.74) is 0. The minimum Gasteiger partial charge on any atom is -0.355 e. The number of hydrogen-bond donors (Lipinski definition) is 1. The zero-order chi connectivity index (χ0) is 14.8. The van der Waals surface area contributed by atoms with Crippen molar-refractivity contribution in [3.63, 3.8) is 0 Å². The van der Waals surface area contributed by atoms with Crippen molar-refractivity contribution in [3.8, 4) is 0 Å². The van der Waals surface area contributed by atoms with Crippen molar-refractivity contribution >= 4 is 17.5 Å². The van der Waals surface area contributed by atoms with Crippen LogP contribution >= 0.6 is 11.6 Å². The Bertz CT molecular complexity index is 315. The summed E-state index contributed by atoms with van der Waals surface area (Å²) >= 11 is 5.83. The summed E-state index contributed by atoms with van der Waals surface area (Å²) in [7, 11) is 0. The van der Waals surface area contributed by atoms with E-state index in [4.69, 9.17) is 11.6 Å². The summed E-state index contributed by atoms with van der Waals surface area (Å²) in [6.45, 7) is -0.268. The first-order chi connectivity index (χ1) is 8.53. The van der Waals surface area contributed by atoms with Gasteiger partial charge in [0.25, 0.3) is 0 Å². The van der Waals surface area contributed by atoms with Crippen molar-refractivity contribution in [1.82, 2.24) is 5.32 Å². The normalized spacial score (nSPS) is 24.8. The van der Waals surface area contributed by atoms with Crippen LogP contribution in [0.4, 0.5) is 26.3 Å². The van der Waals surface area contributed by atoms with E-state index in [1.807, 2.05) is 0 Å².